The molecule has 0 spiro atoms. The molecule has 2 nitrogen and oxygen atoms in total. The van der Waals surface area contributed by atoms with Crippen LogP contribution in [0.4, 0.5) is 0 Å². The van der Waals surface area contributed by atoms with Gasteiger partial charge in [-0.2, -0.15) is 0 Å². The average Bonchev–Trinajstić information content (AvgIpc) is 2.65. The van der Waals surface area contributed by atoms with Crippen molar-refractivity contribution in [2.24, 2.45) is 7.05 Å². The lowest BCUT2D eigenvalue weighted by atomic mass is 9.88. The highest BCUT2D eigenvalue weighted by Gasteiger charge is 2.32. The first kappa shape index (κ1) is 15.4. The third-order valence-corrected chi connectivity index (χ3v) is 6.04. The molecule has 0 unspecified atom stereocenters. The highest BCUT2D eigenvalue weighted by Crippen LogP contribution is 2.50. The van der Waals surface area contributed by atoms with Crippen molar-refractivity contribution < 1.29 is 9.30 Å². The molecule has 0 radical (unpaired) electrons. The normalized spacial score (nSPS) is 12.3. The van der Waals surface area contributed by atoms with E-state index in [0.717, 1.165) is 11.5 Å². The number of fused-ring (bicyclic) bond motifs is 3. The quantitative estimate of drug-likeness (QED) is 0.324. The van der Waals surface area contributed by atoms with Crippen LogP contribution in [0.5, 0.6) is 11.5 Å². The Morgan fingerprint density at radius 1 is 0.808 bits per heavy atom. The van der Waals surface area contributed by atoms with Gasteiger partial charge >= 0.3 is 0 Å². The summed E-state index contributed by atoms with van der Waals surface area (Å²) in [5.74, 6) is 1.97. The van der Waals surface area contributed by atoms with Crippen LogP contribution in [-0.4, -0.2) is 0 Å². The molecule has 1 aromatic heterocycles. The van der Waals surface area contributed by atoms with Crippen LogP contribution in [0, 0.1) is 27.7 Å². The van der Waals surface area contributed by atoms with Crippen molar-refractivity contribution in [1.29, 1.82) is 0 Å². The van der Waals surface area contributed by atoms with Gasteiger partial charge in [0.25, 0.3) is 0 Å². The molecule has 2 heterocycles. The first-order valence-corrected chi connectivity index (χ1v) is 9.11. The molecule has 1 aliphatic rings. The van der Waals surface area contributed by atoms with Gasteiger partial charge in [0.05, 0.1) is 10.9 Å². The molecule has 2 heteroatoms. The Morgan fingerprint density at radius 2 is 1.50 bits per heavy atom. The lowest BCUT2D eigenvalue weighted by Gasteiger charge is -2.25. The molecular weight excluding hydrogens is 318 g/mol. The van der Waals surface area contributed by atoms with Crippen LogP contribution >= 0.6 is 0 Å². The maximum absolute atomic E-state index is 6.55. The predicted octanol–water partition coefficient (Wildman–Crippen LogP) is 5.82. The maximum Gasteiger partial charge on any atom is 0.228 e. The molecule has 0 bridgehead atoms. The zero-order valence-corrected chi connectivity index (χ0v) is 15.9. The van der Waals surface area contributed by atoms with Gasteiger partial charge in [0.15, 0.2) is 6.20 Å². The van der Waals surface area contributed by atoms with E-state index < -0.39 is 0 Å². The van der Waals surface area contributed by atoms with Crippen molar-refractivity contribution >= 4 is 21.5 Å². The average molecular weight is 340 g/mol. The van der Waals surface area contributed by atoms with Gasteiger partial charge in [-0.05, 0) is 61.2 Å². The summed E-state index contributed by atoms with van der Waals surface area (Å²) in [6, 6.07) is 13.0. The monoisotopic (exact) mass is 340 g/mol. The number of hydrogen-bond donors (Lipinski definition) is 0. The second-order valence-corrected chi connectivity index (χ2v) is 7.48. The molecular formula is C24H22NO+. The van der Waals surface area contributed by atoms with Crippen LogP contribution in [-0.2, 0) is 7.05 Å². The SMILES string of the molecule is Cc1cc2c3c([n+](C)ccc3c1C)-c1c(c(C)c3ccccc3c1C)O2. The molecule has 3 aromatic carbocycles. The fraction of sp³-hybridized carbons (Fsp3) is 0.208. The number of hydrogen-bond acceptors (Lipinski definition) is 1. The number of aryl methyl sites for hydroxylation is 5. The van der Waals surface area contributed by atoms with E-state index in [4.69, 9.17) is 4.74 Å². The fourth-order valence-corrected chi connectivity index (χ4v) is 4.46. The number of ether oxygens (including phenoxy) is 1. The van der Waals surface area contributed by atoms with Crippen molar-refractivity contribution in [3.63, 3.8) is 0 Å². The van der Waals surface area contributed by atoms with Crippen molar-refractivity contribution in [3.8, 4) is 22.8 Å². The van der Waals surface area contributed by atoms with E-state index in [2.05, 4.69) is 81.9 Å². The van der Waals surface area contributed by atoms with Gasteiger partial charge in [-0.1, -0.05) is 24.3 Å². The minimum absolute atomic E-state index is 0.972. The molecule has 128 valence electrons. The molecule has 0 saturated carbocycles. The minimum atomic E-state index is 0.972. The first-order valence-electron chi connectivity index (χ1n) is 9.11. The number of nitrogens with zero attached hydrogens (tertiary/aromatic N) is 1. The van der Waals surface area contributed by atoms with Gasteiger partial charge in [-0.3, -0.25) is 0 Å². The molecule has 0 amide bonds. The van der Waals surface area contributed by atoms with E-state index >= 15 is 0 Å². The van der Waals surface area contributed by atoms with Gasteiger partial charge < -0.3 is 4.74 Å². The molecule has 0 N–H and O–H groups in total. The Morgan fingerprint density at radius 3 is 2.23 bits per heavy atom. The summed E-state index contributed by atoms with van der Waals surface area (Å²) in [6.45, 7) is 8.75. The van der Waals surface area contributed by atoms with Crippen LogP contribution in [0.2, 0.25) is 0 Å². The Kier molecular flexibility index (Phi) is 3.00. The van der Waals surface area contributed by atoms with Crippen LogP contribution in [0.25, 0.3) is 32.8 Å². The van der Waals surface area contributed by atoms with E-state index in [1.54, 1.807) is 0 Å². The fourth-order valence-electron chi connectivity index (χ4n) is 4.46. The van der Waals surface area contributed by atoms with Crippen LogP contribution < -0.4 is 9.30 Å². The van der Waals surface area contributed by atoms with E-state index in [1.807, 2.05) is 0 Å². The predicted molar refractivity (Wildman–Crippen MR) is 107 cm³/mol. The minimum Gasteiger partial charge on any atom is -0.455 e. The van der Waals surface area contributed by atoms with Gasteiger partial charge in [-0.15, -0.1) is 0 Å². The molecule has 1 aliphatic heterocycles. The van der Waals surface area contributed by atoms with E-state index in [9.17, 15) is 0 Å². The number of rotatable bonds is 0. The number of aromatic nitrogens is 1. The third kappa shape index (κ3) is 1.79. The lowest BCUT2D eigenvalue weighted by molar-refractivity contribution is -0.659. The number of pyridine rings is 1. The van der Waals surface area contributed by atoms with E-state index in [0.29, 0.717) is 0 Å². The summed E-state index contributed by atoms with van der Waals surface area (Å²) in [5, 5.41) is 5.08. The molecule has 0 aliphatic carbocycles. The van der Waals surface area contributed by atoms with Crippen molar-refractivity contribution in [2.45, 2.75) is 27.7 Å². The van der Waals surface area contributed by atoms with Crippen molar-refractivity contribution in [2.75, 3.05) is 0 Å². The second-order valence-electron chi connectivity index (χ2n) is 7.48. The summed E-state index contributed by atoms with van der Waals surface area (Å²) in [7, 11) is 2.13. The zero-order chi connectivity index (χ0) is 18.2. The Balaban J connectivity index is 2.05. The smallest absolute Gasteiger partial charge is 0.228 e. The summed E-state index contributed by atoms with van der Waals surface area (Å²) >= 11 is 0. The van der Waals surface area contributed by atoms with Crippen molar-refractivity contribution in [3.05, 3.63) is 64.8 Å². The summed E-state index contributed by atoms with van der Waals surface area (Å²) in [5.41, 5.74) is 7.58. The van der Waals surface area contributed by atoms with Gasteiger partial charge in [0, 0.05) is 17.0 Å². The summed E-state index contributed by atoms with van der Waals surface area (Å²) in [4.78, 5) is 0. The molecule has 5 rings (SSSR count). The summed E-state index contributed by atoms with van der Waals surface area (Å²) in [6.07, 6.45) is 2.17. The van der Waals surface area contributed by atoms with E-state index in [1.165, 1.54) is 55.1 Å². The van der Waals surface area contributed by atoms with Crippen LogP contribution in [0.15, 0.2) is 42.6 Å². The second kappa shape index (κ2) is 5.07. The maximum atomic E-state index is 6.55. The van der Waals surface area contributed by atoms with Crippen LogP contribution in [0.1, 0.15) is 22.3 Å². The largest absolute Gasteiger partial charge is 0.455 e. The van der Waals surface area contributed by atoms with Crippen LogP contribution in [0.3, 0.4) is 0 Å². The molecule has 0 atom stereocenters. The van der Waals surface area contributed by atoms with Gasteiger partial charge in [0.1, 0.15) is 18.5 Å². The topological polar surface area (TPSA) is 13.1 Å². The first-order chi connectivity index (χ1) is 12.5. The van der Waals surface area contributed by atoms with E-state index in [-0.39, 0.29) is 0 Å². The molecule has 26 heavy (non-hydrogen) atoms. The standard InChI is InChI=1S/C24H22NO/c1-13-12-20-22-19(14(13)2)10-11-25(5)23(22)21-15(3)17-8-6-7-9-18(17)16(4)24(21)26-20/h6-12H,1-5H3/q+1. The molecule has 0 fully saturated rings. The van der Waals surface area contributed by atoms with Crippen molar-refractivity contribution in [1.82, 2.24) is 0 Å². The van der Waals surface area contributed by atoms with Gasteiger partial charge in [0.2, 0.25) is 5.69 Å². The highest BCUT2D eigenvalue weighted by atomic mass is 16.5. The third-order valence-electron chi connectivity index (χ3n) is 6.04. The zero-order valence-electron chi connectivity index (χ0n) is 15.9. The molecule has 4 aromatic rings. The van der Waals surface area contributed by atoms with Gasteiger partial charge in [-0.25, -0.2) is 4.57 Å². The number of benzene rings is 3. The lowest BCUT2D eigenvalue weighted by Crippen LogP contribution is -2.32. The Bertz CT molecular complexity index is 1250. The molecule has 0 saturated heterocycles. The Hall–Kier alpha value is -2.87. The summed E-state index contributed by atoms with van der Waals surface area (Å²) < 4.78 is 8.79. The highest BCUT2D eigenvalue weighted by molar-refractivity contribution is 6.07. The Labute approximate surface area is 153 Å².